The normalized spacial score (nSPS) is 10.4. The SMILES string of the molecule is CCOCc1nc(C(=O)O)c(OCc2ccccc2)c(=O)[nH]1. The van der Waals surface area contributed by atoms with Crippen molar-refractivity contribution in [3.63, 3.8) is 0 Å². The second kappa shape index (κ2) is 7.37. The highest BCUT2D eigenvalue weighted by atomic mass is 16.5. The maximum absolute atomic E-state index is 12.0. The number of carboxylic acids is 1. The van der Waals surface area contributed by atoms with Crippen LogP contribution < -0.4 is 10.3 Å². The minimum Gasteiger partial charge on any atom is -0.481 e. The van der Waals surface area contributed by atoms with Gasteiger partial charge >= 0.3 is 5.97 Å². The highest BCUT2D eigenvalue weighted by Crippen LogP contribution is 2.13. The fourth-order valence-corrected chi connectivity index (χ4v) is 1.78. The first-order valence-corrected chi connectivity index (χ1v) is 6.72. The molecule has 0 unspecified atom stereocenters. The molecule has 0 aliphatic rings. The van der Waals surface area contributed by atoms with Crippen molar-refractivity contribution >= 4 is 5.97 Å². The number of aromatic amines is 1. The van der Waals surface area contributed by atoms with E-state index in [9.17, 15) is 14.7 Å². The van der Waals surface area contributed by atoms with Gasteiger partial charge < -0.3 is 19.6 Å². The molecule has 0 radical (unpaired) electrons. The number of ether oxygens (including phenoxy) is 2. The number of hydrogen-bond acceptors (Lipinski definition) is 5. The molecule has 2 rings (SSSR count). The summed E-state index contributed by atoms with van der Waals surface area (Å²) < 4.78 is 10.5. The number of H-pyrrole nitrogens is 1. The second-order valence-corrected chi connectivity index (χ2v) is 4.41. The molecule has 7 heteroatoms. The van der Waals surface area contributed by atoms with Gasteiger partial charge in [-0.25, -0.2) is 9.78 Å². The topological polar surface area (TPSA) is 102 Å². The van der Waals surface area contributed by atoms with E-state index < -0.39 is 17.2 Å². The van der Waals surface area contributed by atoms with Crippen molar-refractivity contribution in [2.45, 2.75) is 20.1 Å². The van der Waals surface area contributed by atoms with Gasteiger partial charge in [-0.05, 0) is 12.5 Å². The van der Waals surface area contributed by atoms with E-state index in [1.54, 1.807) is 6.92 Å². The Hall–Kier alpha value is -2.67. The van der Waals surface area contributed by atoms with Gasteiger partial charge in [-0.3, -0.25) is 4.79 Å². The van der Waals surface area contributed by atoms with Crippen LogP contribution in [0.2, 0.25) is 0 Å². The highest BCUT2D eigenvalue weighted by molar-refractivity contribution is 5.88. The Morgan fingerprint density at radius 3 is 2.64 bits per heavy atom. The zero-order valence-corrected chi connectivity index (χ0v) is 12.0. The molecule has 0 fully saturated rings. The summed E-state index contributed by atoms with van der Waals surface area (Å²) in [7, 11) is 0. The van der Waals surface area contributed by atoms with Gasteiger partial charge in [-0.15, -0.1) is 0 Å². The average Bonchev–Trinajstić information content (AvgIpc) is 2.52. The first-order valence-electron chi connectivity index (χ1n) is 6.72. The van der Waals surface area contributed by atoms with Crippen LogP contribution in [0.4, 0.5) is 0 Å². The van der Waals surface area contributed by atoms with Crippen molar-refractivity contribution in [3.8, 4) is 5.75 Å². The summed E-state index contributed by atoms with van der Waals surface area (Å²) in [6.07, 6.45) is 0. The average molecular weight is 304 g/mol. The molecule has 0 atom stereocenters. The summed E-state index contributed by atoms with van der Waals surface area (Å²) in [5.74, 6) is -1.49. The predicted octanol–water partition coefficient (Wildman–Crippen LogP) is 1.58. The van der Waals surface area contributed by atoms with Gasteiger partial charge in [-0.1, -0.05) is 30.3 Å². The molecular formula is C15H16N2O5. The summed E-state index contributed by atoms with van der Waals surface area (Å²) in [5, 5.41) is 9.20. The molecule has 1 heterocycles. The Kier molecular flexibility index (Phi) is 5.26. The molecule has 2 N–H and O–H groups in total. The van der Waals surface area contributed by atoms with Gasteiger partial charge in [0, 0.05) is 6.61 Å². The lowest BCUT2D eigenvalue weighted by Gasteiger charge is -2.09. The Bertz CT molecular complexity index is 697. The van der Waals surface area contributed by atoms with Crippen LogP contribution in [0.5, 0.6) is 5.75 Å². The van der Waals surface area contributed by atoms with E-state index in [2.05, 4.69) is 9.97 Å². The Morgan fingerprint density at radius 2 is 2.00 bits per heavy atom. The van der Waals surface area contributed by atoms with Crippen molar-refractivity contribution in [2.75, 3.05) is 6.61 Å². The Morgan fingerprint density at radius 1 is 1.27 bits per heavy atom. The van der Waals surface area contributed by atoms with Gasteiger partial charge in [0.05, 0.1) is 0 Å². The summed E-state index contributed by atoms with van der Waals surface area (Å²) in [4.78, 5) is 29.6. The van der Waals surface area contributed by atoms with Gasteiger partial charge in [0.25, 0.3) is 5.56 Å². The molecule has 0 saturated carbocycles. The van der Waals surface area contributed by atoms with E-state index in [-0.39, 0.29) is 24.8 Å². The second-order valence-electron chi connectivity index (χ2n) is 4.41. The summed E-state index contributed by atoms with van der Waals surface area (Å²) in [6.45, 7) is 2.33. The minimum atomic E-state index is -1.33. The van der Waals surface area contributed by atoms with Gasteiger partial charge in [-0.2, -0.15) is 0 Å². The highest BCUT2D eigenvalue weighted by Gasteiger charge is 2.19. The first-order chi connectivity index (χ1) is 10.6. The summed E-state index contributed by atoms with van der Waals surface area (Å²) in [6, 6.07) is 9.12. The monoisotopic (exact) mass is 304 g/mol. The number of aromatic carboxylic acids is 1. The molecule has 0 saturated heterocycles. The molecule has 0 spiro atoms. The van der Waals surface area contributed by atoms with Crippen molar-refractivity contribution < 1.29 is 19.4 Å². The maximum atomic E-state index is 12.0. The van der Waals surface area contributed by atoms with Crippen LogP contribution in [0.25, 0.3) is 0 Å². The van der Waals surface area contributed by atoms with Crippen LogP contribution in [0, 0.1) is 0 Å². The molecule has 2 aromatic rings. The minimum absolute atomic E-state index is 0.0327. The lowest BCUT2D eigenvalue weighted by atomic mass is 10.2. The van der Waals surface area contributed by atoms with Crippen molar-refractivity contribution in [3.05, 3.63) is 57.8 Å². The molecule has 0 aliphatic carbocycles. The molecule has 7 nitrogen and oxygen atoms in total. The fraction of sp³-hybridized carbons (Fsp3) is 0.267. The van der Waals surface area contributed by atoms with E-state index >= 15 is 0 Å². The molecule has 1 aromatic carbocycles. The van der Waals surface area contributed by atoms with Crippen LogP contribution in [-0.4, -0.2) is 27.7 Å². The van der Waals surface area contributed by atoms with Crippen molar-refractivity contribution in [1.29, 1.82) is 0 Å². The molecule has 0 amide bonds. The van der Waals surface area contributed by atoms with E-state index in [4.69, 9.17) is 9.47 Å². The summed E-state index contributed by atoms with van der Waals surface area (Å²) in [5.41, 5.74) is -0.246. The number of hydrogen-bond donors (Lipinski definition) is 2. The van der Waals surface area contributed by atoms with E-state index in [1.165, 1.54) is 0 Å². The van der Waals surface area contributed by atoms with Crippen LogP contribution in [-0.2, 0) is 18.0 Å². The summed E-state index contributed by atoms with van der Waals surface area (Å²) >= 11 is 0. The van der Waals surface area contributed by atoms with Crippen LogP contribution in [0.1, 0.15) is 28.8 Å². The largest absolute Gasteiger partial charge is 0.481 e. The molecule has 0 aliphatic heterocycles. The number of carbonyl (C=O) groups is 1. The molecule has 0 bridgehead atoms. The van der Waals surface area contributed by atoms with E-state index in [1.807, 2.05) is 30.3 Å². The number of rotatable bonds is 7. The zero-order valence-electron chi connectivity index (χ0n) is 12.0. The van der Waals surface area contributed by atoms with Crippen molar-refractivity contribution in [2.24, 2.45) is 0 Å². The zero-order chi connectivity index (χ0) is 15.9. The maximum Gasteiger partial charge on any atom is 0.358 e. The van der Waals surface area contributed by atoms with Gasteiger partial charge in [0.1, 0.15) is 19.0 Å². The lowest BCUT2D eigenvalue weighted by molar-refractivity contribution is 0.0681. The third kappa shape index (κ3) is 3.92. The lowest BCUT2D eigenvalue weighted by Crippen LogP contribution is -2.21. The number of benzene rings is 1. The molecular weight excluding hydrogens is 288 g/mol. The van der Waals surface area contributed by atoms with Crippen LogP contribution in [0.3, 0.4) is 0 Å². The van der Waals surface area contributed by atoms with Crippen LogP contribution >= 0.6 is 0 Å². The third-order valence-corrected chi connectivity index (χ3v) is 2.80. The fourth-order valence-electron chi connectivity index (χ4n) is 1.78. The Labute approximate surface area is 126 Å². The number of nitrogens with one attached hydrogen (secondary N) is 1. The predicted molar refractivity (Wildman–Crippen MR) is 77.9 cm³/mol. The van der Waals surface area contributed by atoms with Gasteiger partial charge in [0.2, 0.25) is 5.75 Å². The van der Waals surface area contributed by atoms with Crippen LogP contribution in [0.15, 0.2) is 35.1 Å². The quantitative estimate of drug-likeness (QED) is 0.805. The molecule has 22 heavy (non-hydrogen) atoms. The number of nitrogens with zero attached hydrogens (tertiary/aromatic N) is 1. The third-order valence-electron chi connectivity index (χ3n) is 2.80. The van der Waals surface area contributed by atoms with Gasteiger partial charge in [0.15, 0.2) is 5.69 Å². The number of carboxylic acid groups (broad SMARTS) is 1. The van der Waals surface area contributed by atoms with E-state index in [0.29, 0.717) is 6.61 Å². The standard InChI is InChI=1S/C15H16N2O5/c1-2-21-9-11-16-12(15(19)20)13(14(18)17-11)22-8-10-6-4-3-5-7-10/h3-7H,2,8-9H2,1H3,(H,19,20)(H,16,17,18). The van der Waals surface area contributed by atoms with E-state index in [0.717, 1.165) is 5.56 Å². The number of aromatic nitrogens is 2. The molecule has 116 valence electrons. The van der Waals surface area contributed by atoms with Crippen molar-refractivity contribution in [1.82, 2.24) is 9.97 Å². The smallest absolute Gasteiger partial charge is 0.358 e. The first kappa shape index (κ1) is 15.7. The molecule has 1 aromatic heterocycles. The Balaban J connectivity index is 2.26.